The SMILES string of the molecule is CC(CC(C=O)N(C)C(=O)OC(C)(C)C)C1CC1. The van der Waals surface area contributed by atoms with E-state index in [0.29, 0.717) is 5.92 Å². The smallest absolute Gasteiger partial charge is 0.410 e. The lowest BCUT2D eigenvalue weighted by molar-refractivity contribution is -0.112. The standard InChI is InChI=1S/C14H25NO3/c1-10(11-6-7-11)8-12(9-16)15(5)13(17)18-14(2,3)4/h9-12H,6-8H2,1-5H3. The molecule has 0 aromatic rings. The van der Waals surface area contributed by atoms with E-state index < -0.39 is 11.7 Å². The first kappa shape index (κ1) is 15.0. The molecule has 0 heterocycles. The summed E-state index contributed by atoms with van der Waals surface area (Å²) in [7, 11) is 1.63. The molecule has 0 aromatic carbocycles. The summed E-state index contributed by atoms with van der Waals surface area (Å²) in [5.41, 5.74) is -0.527. The maximum absolute atomic E-state index is 11.9. The van der Waals surface area contributed by atoms with Crippen molar-refractivity contribution in [1.82, 2.24) is 4.90 Å². The summed E-state index contributed by atoms with van der Waals surface area (Å²) in [6, 6.07) is -0.379. The molecular weight excluding hydrogens is 230 g/mol. The van der Waals surface area contributed by atoms with E-state index in [9.17, 15) is 9.59 Å². The maximum atomic E-state index is 11.9. The highest BCUT2D eigenvalue weighted by Gasteiger charge is 2.32. The molecule has 4 heteroatoms. The van der Waals surface area contributed by atoms with Crippen molar-refractivity contribution in [2.45, 2.75) is 58.6 Å². The molecule has 1 aliphatic rings. The van der Waals surface area contributed by atoms with E-state index in [4.69, 9.17) is 4.74 Å². The fourth-order valence-corrected chi connectivity index (χ4v) is 2.01. The van der Waals surface area contributed by atoms with E-state index in [2.05, 4.69) is 6.92 Å². The Balaban J connectivity index is 2.52. The number of carbonyl (C=O) groups excluding carboxylic acids is 2. The fraction of sp³-hybridized carbons (Fsp3) is 0.857. The third-order valence-electron chi connectivity index (χ3n) is 3.38. The second kappa shape index (κ2) is 5.72. The van der Waals surface area contributed by atoms with Crippen LogP contribution < -0.4 is 0 Å². The van der Waals surface area contributed by atoms with Gasteiger partial charge in [0, 0.05) is 7.05 Å². The number of ether oxygens (including phenoxy) is 1. The second-order valence-electron chi connectivity index (χ2n) is 6.35. The molecule has 1 saturated carbocycles. The van der Waals surface area contributed by atoms with E-state index in [0.717, 1.165) is 18.6 Å². The first-order chi connectivity index (χ1) is 8.24. The van der Waals surface area contributed by atoms with Crippen molar-refractivity contribution in [1.29, 1.82) is 0 Å². The van der Waals surface area contributed by atoms with Gasteiger partial charge in [0.15, 0.2) is 0 Å². The van der Waals surface area contributed by atoms with Crippen LogP contribution in [0.1, 0.15) is 47.0 Å². The third kappa shape index (κ3) is 4.67. The average Bonchev–Trinajstić information content (AvgIpc) is 3.05. The maximum Gasteiger partial charge on any atom is 0.410 e. The Morgan fingerprint density at radius 2 is 2.00 bits per heavy atom. The molecule has 0 aliphatic heterocycles. The number of nitrogens with zero attached hydrogens (tertiary/aromatic N) is 1. The molecular formula is C14H25NO3. The molecule has 0 spiro atoms. The summed E-state index contributed by atoms with van der Waals surface area (Å²) in [6.07, 6.45) is 3.65. The van der Waals surface area contributed by atoms with Crippen LogP contribution in [0.25, 0.3) is 0 Å². The van der Waals surface area contributed by atoms with E-state index in [1.165, 1.54) is 17.7 Å². The fourth-order valence-electron chi connectivity index (χ4n) is 2.01. The molecule has 2 unspecified atom stereocenters. The van der Waals surface area contributed by atoms with E-state index >= 15 is 0 Å². The van der Waals surface area contributed by atoms with Gasteiger partial charge >= 0.3 is 6.09 Å². The predicted molar refractivity (Wildman–Crippen MR) is 70.4 cm³/mol. The van der Waals surface area contributed by atoms with Crippen molar-refractivity contribution in [2.24, 2.45) is 11.8 Å². The molecule has 0 aromatic heterocycles. The van der Waals surface area contributed by atoms with Crippen LogP contribution in [0.15, 0.2) is 0 Å². The van der Waals surface area contributed by atoms with Gasteiger partial charge in [0.2, 0.25) is 0 Å². The van der Waals surface area contributed by atoms with Gasteiger partial charge in [0.1, 0.15) is 11.9 Å². The van der Waals surface area contributed by atoms with Crippen LogP contribution in [0.4, 0.5) is 4.79 Å². The molecule has 104 valence electrons. The zero-order valence-electron chi connectivity index (χ0n) is 12.1. The summed E-state index contributed by atoms with van der Waals surface area (Å²) in [5, 5.41) is 0. The quantitative estimate of drug-likeness (QED) is 0.710. The number of aldehydes is 1. The highest BCUT2D eigenvalue weighted by atomic mass is 16.6. The topological polar surface area (TPSA) is 46.6 Å². The summed E-state index contributed by atoms with van der Waals surface area (Å²) in [5.74, 6) is 1.23. The van der Waals surface area contributed by atoms with Gasteiger partial charge in [-0.1, -0.05) is 6.92 Å². The van der Waals surface area contributed by atoms with Crippen LogP contribution in [0.2, 0.25) is 0 Å². The molecule has 0 radical (unpaired) electrons. The lowest BCUT2D eigenvalue weighted by atomic mass is 9.97. The molecule has 1 fully saturated rings. The number of likely N-dealkylation sites (N-methyl/N-ethyl adjacent to an activating group) is 1. The van der Waals surface area contributed by atoms with Gasteiger partial charge in [-0.25, -0.2) is 4.79 Å². The van der Waals surface area contributed by atoms with Gasteiger partial charge in [-0.05, 0) is 51.9 Å². The Morgan fingerprint density at radius 3 is 2.39 bits per heavy atom. The zero-order chi connectivity index (χ0) is 13.9. The van der Waals surface area contributed by atoms with Crippen LogP contribution in [0.3, 0.4) is 0 Å². The van der Waals surface area contributed by atoms with E-state index in [1.54, 1.807) is 7.05 Å². The van der Waals surface area contributed by atoms with Crippen molar-refractivity contribution in [3.8, 4) is 0 Å². The van der Waals surface area contributed by atoms with Gasteiger partial charge in [0.05, 0.1) is 6.04 Å². The monoisotopic (exact) mass is 255 g/mol. The van der Waals surface area contributed by atoms with Crippen LogP contribution >= 0.6 is 0 Å². The van der Waals surface area contributed by atoms with Gasteiger partial charge in [-0.15, -0.1) is 0 Å². The van der Waals surface area contributed by atoms with Gasteiger partial charge < -0.3 is 14.4 Å². The summed E-state index contributed by atoms with van der Waals surface area (Å²) >= 11 is 0. The number of hydrogen-bond acceptors (Lipinski definition) is 3. The van der Waals surface area contributed by atoms with Crippen LogP contribution in [-0.2, 0) is 9.53 Å². The van der Waals surface area contributed by atoms with Crippen LogP contribution in [0, 0.1) is 11.8 Å². The zero-order valence-corrected chi connectivity index (χ0v) is 12.1. The summed E-state index contributed by atoms with van der Waals surface area (Å²) < 4.78 is 5.27. The van der Waals surface area contributed by atoms with Gasteiger partial charge in [-0.2, -0.15) is 0 Å². The van der Waals surface area contributed by atoms with Gasteiger partial charge in [0.25, 0.3) is 0 Å². The first-order valence-corrected chi connectivity index (χ1v) is 6.65. The molecule has 4 nitrogen and oxygen atoms in total. The molecule has 0 N–H and O–H groups in total. The highest BCUT2D eigenvalue weighted by molar-refractivity contribution is 5.73. The molecule has 0 bridgehead atoms. The van der Waals surface area contributed by atoms with Crippen molar-refractivity contribution in [2.75, 3.05) is 7.05 Å². The molecule has 18 heavy (non-hydrogen) atoms. The Labute approximate surface area is 110 Å². The number of rotatable bonds is 5. The Morgan fingerprint density at radius 1 is 1.44 bits per heavy atom. The number of hydrogen-bond donors (Lipinski definition) is 0. The Kier molecular flexibility index (Phi) is 4.77. The molecule has 1 aliphatic carbocycles. The average molecular weight is 255 g/mol. The molecule has 1 amide bonds. The Hall–Kier alpha value is -1.06. The minimum absolute atomic E-state index is 0.379. The molecule has 0 saturated heterocycles. The minimum Gasteiger partial charge on any atom is -0.444 e. The summed E-state index contributed by atoms with van der Waals surface area (Å²) in [4.78, 5) is 24.4. The lowest BCUT2D eigenvalue weighted by Gasteiger charge is -2.29. The summed E-state index contributed by atoms with van der Waals surface area (Å²) in [6.45, 7) is 7.61. The van der Waals surface area contributed by atoms with Crippen molar-refractivity contribution < 1.29 is 14.3 Å². The van der Waals surface area contributed by atoms with Crippen LogP contribution in [0.5, 0.6) is 0 Å². The predicted octanol–water partition coefficient (Wildman–Crippen LogP) is 2.86. The number of carbonyl (C=O) groups is 2. The van der Waals surface area contributed by atoms with Crippen molar-refractivity contribution in [3.05, 3.63) is 0 Å². The van der Waals surface area contributed by atoms with Gasteiger partial charge in [-0.3, -0.25) is 0 Å². The Bertz CT molecular complexity index is 305. The van der Waals surface area contributed by atoms with E-state index in [1.807, 2.05) is 20.8 Å². The van der Waals surface area contributed by atoms with Crippen LogP contribution in [-0.4, -0.2) is 36.0 Å². The van der Waals surface area contributed by atoms with Crippen molar-refractivity contribution in [3.63, 3.8) is 0 Å². The molecule has 2 atom stereocenters. The largest absolute Gasteiger partial charge is 0.444 e. The highest BCUT2D eigenvalue weighted by Crippen LogP contribution is 2.38. The van der Waals surface area contributed by atoms with E-state index in [-0.39, 0.29) is 6.04 Å². The van der Waals surface area contributed by atoms with Crippen molar-refractivity contribution >= 4 is 12.4 Å². The lowest BCUT2D eigenvalue weighted by Crippen LogP contribution is -2.42. The number of amides is 1. The third-order valence-corrected chi connectivity index (χ3v) is 3.38. The molecule has 1 rings (SSSR count). The minimum atomic E-state index is -0.527. The normalized spacial score (nSPS) is 18.9. The second-order valence-corrected chi connectivity index (χ2v) is 6.35. The first-order valence-electron chi connectivity index (χ1n) is 6.65.